The molecule has 5 heteroatoms. The second kappa shape index (κ2) is 5.70. The molecule has 0 radical (unpaired) electrons. The zero-order valence-electron chi connectivity index (χ0n) is 8.88. The van der Waals surface area contributed by atoms with E-state index in [-0.39, 0.29) is 0 Å². The third-order valence-corrected chi connectivity index (χ3v) is 2.79. The molecule has 2 N–H and O–H groups in total. The Morgan fingerprint density at radius 3 is 2.65 bits per heavy atom. The first kappa shape index (κ1) is 12.0. The van der Waals surface area contributed by atoms with Crippen LogP contribution in [-0.4, -0.2) is 9.97 Å². The zero-order valence-corrected chi connectivity index (χ0v) is 10.4. The highest BCUT2D eigenvalue weighted by atomic mass is 35.5. The quantitative estimate of drug-likeness (QED) is 0.523. The van der Waals surface area contributed by atoms with Crippen LogP contribution in [0.3, 0.4) is 0 Å². The summed E-state index contributed by atoms with van der Waals surface area (Å²) >= 11 is 7.15. The summed E-state index contributed by atoms with van der Waals surface area (Å²) in [6.45, 7) is 0. The Balaban J connectivity index is 2.05. The predicted molar refractivity (Wildman–Crippen MR) is 72.8 cm³/mol. The number of thioether (sulfide) groups is 1. The van der Waals surface area contributed by atoms with Gasteiger partial charge in [-0.3, -0.25) is 0 Å². The van der Waals surface area contributed by atoms with E-state index in [0.717, 1.165) is 5.56 Å². The largest absolute Gasteiger partial charge is 0.384 e. The molecule has 0 unspecified atom stereocenters. The minimum absolute atomic E-state index is 0.355. The molecular formula is C12H10ClN3S. The third kappa shape index (κ3) is 3.76. The van der Waals surface area contributed by atoms with Crippen LogP contribution in [0.4, 0.5) is 5.82 Å². The summed E-state index contributed by atoms with van der Waals surface area (Å²) in [6.07, 6.45) is 1.98. The minimum atomic E-state index is 0.355. The lowest BCUT2D eigenvalue weighted by atomic mass is 10.2. The fourth-order valence-electron chi connectivity index (χ4n) is 1.20. The number of nitrogen functional groups attached to an aromatic ring is 1. The topological polar surface area (TPSA) is 51.8 Å². The first-order valence-corrected chi connectivity index (χ1v) is 6.18. The van der Waals surface area contributed by atoms with Crippen LogP contribution in [0, 0.1) is 0 Å². The van der Waals surface area contributed by atoms with Gasteiger partial charge in [-0.1, -0.05) is 53.7 Å². The van der Waals surface area contributed by atoms with Gasteiger partial charge in [0.05, 0.1) is 0 Å². The van der Waals surface area contributed by atoms with E-state index in [1.807, 2.05) is 41.8 Å². The molecule has 3 nitrogen and oxygen atoms in total. The fraction of sp³-hybridized carbons (Fsp3) is 0. The Labute approximate surface area is 109 Å². The number of nitrogens with zero attached hydrogens (tertiary/aromatic N) is 2. The molecular weight excluding hydrogens is 254 g/mol. The summed E-state index contributed by atoms with van der Waals surface area (Å²) in [7, 11) is 0. The highest BCUT2D eigenvalue weighted by molar-refractivity contribution is 8.02. The van der Waals surface area contributed by atoms with E-state index in [9.17, 15) is 0 Å². The molecule has 0 aliphatic heterocycles. The number of halogens is 1. The molecule has 1 aromatic heterocycles. The average molecular weight is 264 g/mol. The van der Waals surface area contributed by atoms with Crippen molar-refractivity contribution in [3.05, 3.63) is 52.5 Å². The van der Waals surface area contributed by atoms with E-state index in [1.54, 1.807) is 0 Å². The van der Waals surface area contributed by atoms with Gasteiger partial charge in [0, 0.05) is 6.07 Å². The molecule has 1 heterocycles. The van der Waals surface area contributed by atoms with Gasteiger partial charge in [0.25, 0.3) is 0 Å². The highest BCUT2D eigenvalue weighted by Gasteiger charge is 1.99. The SMILES string of the molecule is Nc1cc(Cl)nc(S/C=C\c2ccccc2)n1. The van der Waals surface area contributed by atoms with E-state index >= 15 is 0 Å². The number of rotatable bonds is 3. The van der Waals surface area contributed by atoms with Crippen molar-refractivity contribution in [2.45, 2.75) is 5.16 Å². The van der Waals surface area contributed by atoms with Crippen molar-refractivity contribution in [3.8, 4) is 0 Å². The van der Waals surface area contributed by atoms with E-state index in [2.05, 4.69) is 9.97 Å². The summed E-state index contributed by atoms with van der Waals surface area (Å²) in [4.78, 5) is 8.11. The molecule has 0 aliphatic carbocycles. The van der Waals surface area contributed by atoms with Gasteiger partial charge in [-0.25, -0.2) is 9.97 Å². The number of benzene rings is 1. The van der Waals surface area contributed by atoms with Gasteiger partial charge in [0.2, 0.25) is 0 Å². The van der Waals surface area contributed by atoms with Crippen LogP contribution in [0.2, 0.25) is 5.15 Å². The summed E-state index contributed by atoms with van der Waals surface area (Å²) in [5, 5.41) is 2.80. The molecule has 0 saturated heterocycles. The van der Waals surface area contributed by atoms with Gasteiger partial charge in [0.1, 0.15) is 11.0 Å². The van der Waals surface area contributed by atoms with Crippen LogP contribution < -0.4 is 5.73 Å². The Bertz CT molecular complexity index is 508. The Morgan fingerprint density at radius 2 is 1.94 bits per heavy atom. The van der Waals surface area contributed by atoms with Gasteiger partial charge in [-0.15, -0.1) is 0 Å². The molecule has 86 valence electrons. The number of aromatic nitrogens is 2. The molecule has 0 fully saturated rings. The van der Waals surface area contributed by atoms with Gasteiger partial charge in [-0.2, -0.15) is 0 Å². The second-order valence-electron chi connectivity index (χ2n) is 3.23. The highest BCUT2D eigenvalue weighted by Crippen LogP contribution is 2.19. The first-order valence-electron chi connectivity index (χ1n) is 4.92. The number of hydrogen-bond acceptors (Lipinski definition) is 4. The van der Waals surface area contributed by atoms with Gasteiger partial charge < -0.3 is 5.73 Å². The first-order chi connectivity index (χ1) is 8.24. The van der Waals surface area contributed by atoms with Gasteiger partial charge in [0.15, 0.2) is 5.16 Å². The standard InChI is InChI=1S/C12H10ClN3S/c13-10-8-11(14)16-12(15-10)17-7-6-9-4-2-1-3-5-9/h1-8H,(H2,14,15,16)/b7-6-. The maximum atomic E-state index is 5.78. The monoisotopic (exact) mass is 263 g/mol. The maximum absolute atomic E-state index is 5.78. The smallest absolute Gasteiger partial charge is 0.195 e. The number of hydrogen-bond donors (Lipinski definition) is 1. The number of anilines is 1. The van der Waals surface area contributed by atoms with Crippen molar-refractivity contribution in [2.75, 3.05) is 5.73 Å². The van der Waals surface area contributed by atoms with E-state index in [4.69, 9.17) is 17.3 Å². The summed E-state index contributed by atoms with van der Waals surface area (Å²) in [6, 6.07) is 11.5. The van der Waals surface area contributed by atoms with Crippen molar-refractivity contribution < 1.29 is 0 Å². The Morgan fingerprint density at radius 1 is 1.18 bits per heavy atom. The average Bonchev–Trinajstić information content (AvgIpc) is 2.29. The lowest BCUT2D eigenvalue weighted by molar-refractivity contribution is 0.981. The zero-order chi connectivity index (χ0) is 12.1. The molecule has 2 aromatic rings. The Kier molecular flexibility index (Phi) is 4.01. The predicted octanol–water partition coefficient (Wildman–Crippen LogP) is 3.48. The normalized spacial score (nSPS) is 10.9. The van der Waals surface area contributed by atoms with E-state index in [1.165, 1.54) is 17.8 Å². The van der Waals surface area contributed by atoms with Crippen molar-refractivity contribution in [1.29, 1.82) is 0 Å². The van der Waals surface area contributed by atoms with Crippen LogP contribution in [0.15, 0.2) is 47.0 Å². The Hall–Kier alpha value is -1.52. The van der Waals surface area contributed by atoms with Crippen molar-refractivity contribution >= 4 is 35.3 Å². The summed E-state index contributed by atoms with van der Waals surface area (Å²) in [5.74, 6) is 0.376. The fourth-order valence-corrected chi connectivity index (χ4v) is 2.10. The lowest BCUT2D eigenvalue weighted by Gasteiger charge is -1.97. The number of nitrogens with two attached hydrogens (primary N) is 1. The van der Waals surface area contributed by atoms with Gasteiger partial charge >= 0.3 is 0 Å². The van der Waals surface area contributed by atoms with Crippen molar-refractivity contribution in [1.82, 2.24) is 9.97 Å². The van der Waals surface area contributed by atoms with Crippen LogP contribution in [-0.2, 0) is 0 Å². The van der Waals surface area contributed by atoms with Crippen LogP contribution >= 0.6 is 23.4 Å². The van der Waals surface area contributed by atoms with Crippen molar-refractivity contribution in [2.24, 2.45) is 0 Å². The molecule has 17 heavy (non-hydrogen) atoms. The van der Waals surface area contributed by atoms with Crippen molar-refractivity contribution in [3.63, 3.8) is 0 Å². The van der Waals surface area contributed by atoms with Crippen LogP contribution in [0.1, 0.15) is 5.56 Å². The van der Waals surface area contributed by atoms with Crippen LogP contribution in [0.5, 0.6) is 0 Å². The molecule has 0 aliphatic rings. The second-order valence-corrected chi connectivity index (χ2v) is 4.49. The minimum Gasteiger partial charge on any atom is -0.384 e. The van der Waals surface area contributed by atoms with E-state index < -0.39 is 0 Å². The van der Waals surface area contributed by atoms with E-state index in [0.29, 0.717) is 16.1 Å². The van der Waals surface area contributed by atoms with Gasteiger partial charge in [-0.05, 0) is 17.0 Å². The molecule has 2 rings (SSSR count). The molecule has 0 saturated carbocycles. The molecule has 0 spiro atoms. The van der Waals surface area contributed by atoms with Crippen LogP contribution in [0.25, 0.3) is 6.08 Å². The maximum Gasteiger partial charge on any atom is 0.195 e. The molecule has 0 atom stereocenters. The molecule has 0 amide bonds. The summed E-state index contributed by atoms with van der Waals surface area (Å²) in [5.41, 5.74) is 6.69. The molecule has 1 aromatic carbocycles. The lowest BCUT2D eigenvalue weighted by Crippen LogP contribution is -1.93. The molecule has 0 bridgehead atoms. The third-order valence-electron chi connectivity index (χ3n) is 1.93. The summed E-state index contributed by atoms with van der Waals surface area (Å²) < 4.78 is 0.